The van der Waals surface area contributed by atoms with Crippen LogP contribution in [0.4, 0.5) is 0 Å². The normalized spacial score (nSPS) is 14.9. The first-order valence-electron chi connectivity index (χ1n) is 9.88. The van der Waals surface area contributed by atoms with E-state index in [0.29, 0.717) is 26.0 Å². The third-order valence-electron chi connectivity index (χ3n) is 5.36. The van der Waals surface area contributed by atoms with Gasteiger partial charge in [0.1, 0.15) is 4.70 Å². The lowest BCUT2D eigenvalue weighted by atomic mass is 9.95. The van der Waals surface area contributed by atoms with Gasteiger partial charge in [-0.05, 0) is 37.0 Å². The van der Waals surface area contributed by atoms with E-state index in [9.17, 15) is 4.79 Å². The molecule has 0 N–H and O–H groups in total. The van der Waals surface area contributed by atoms with Crippen LogP contribution in [0.5, 0.6) is 0 Å². The van der Waals surface area contributed by atoms with Crippen molar-refractivity contribution in [2.24, 2.45) is 0 Å². The lowest BCUT2D eigenvalue weighted by Crippen LogP contribution is -2.28. The van der Waals surface area contributed by atoms with Gasteiger partial charge in [0.2, 0.25) is 0 Å². The van der Waals surface area contributed by atoms with Gasteiger partial charge in [0.15, 0.2) is 14.8 Å². The fourth-order valence-electron chi connectivity index (χ4n) is 3.93. The number of thioether (sulfide) groups is 1. The van der Waals surface area contributed by atoms with Crippen LogP contribution in [0, 0.1) is 15.3 Å². The molecular weight excluding hydrogens is 420 g/mol. The quantitative estimate of drug-likeness (QED) is 0.292. The summed E-state index contributed by atoms with van der Waals surface area (Å²) in [4.78, 5) is 18.3. The van der Waals surface area contributed by atoms with Gasteiger partial charge in [0, 0.05) is 12.6 Å². The Hall–Kier alpha value is -1.95. The summed E-state index contributed by atoms with van der Waals surface area (Å²) in [5.74, 6) is 0.277. The van der Waals surface area contributed by atoms with Crippen LogP contribution in [0.2, 0.25) is 0 Å². The zero-order valence-electron chi connectivity index (χ0n) is 16.0. The molecule has 29 heavy (non-hydrogen) atoms. The highest BCUT2D eigenvalue weighted by Crippen LogP contribution is 2.32. The summed E-state index contributed by atoms with van der Waals surface area (Å²) in [6.07, 6.45) is 6.29. The number of fused-ring (bicyclic) bond motifs is 1. The summed E-state index contributed by atoms with van der Waals surface area (Å²) in [6.45, 7) is 0.686. The van der Waals surface area contributed by atoms with Crippen LogP contribution in [0.25, 0.3) is 10.3 Å². The molecule has 1 fully saturated rings. The predicted octanol–water partition coefficient (Wildman–Crippen LogP) is 5.35. The molecule has 4 rings (SSSR count). The highest BCUT2D eigenvalue weighted by Gasteiger charge is 2.24. The summed E-state index contributed by atoms with van der Waals surface area (Å²) >= 11 is 8.30. The molecule has 3 aromatic rings. The maximum atomic E-state index is 13.4. The average Bonchev–Trinajstić information content (AvgIpc) is 3.07. The molecule has 1 aliphatic rings. The Balaban J connectivity index is 1.78. The van der Waals surface area contributed by atoms with Crippen molar-refractivity contribution in [3.8, 4) is 6.07 Å². The molecule has 0 aliphatic heterocycles. The SMILES string of the molecule is N#CCSc1nc2c(sc(=S)n2CCc2ccccc2)c(=O)n1C1CCCCC1. The molecule has 1 saturated carbocycles. The number of aromatic nitrogens is 3. The van der Waals surface area contributed by atoms with Crippen LogP contribution >= 0.6 is 35.3 Å². The van der Waals surface area contributed by atoms with Gasteiger partial charge in [-0.2, -0.15) is 5.26 Å². The minimum absolute atomic E-state index is 0.00287. The lowest BCUT2D eigenvalue weighted by Gasteiger charge is -2.25. The van der Waals surface area contributed by atoms with Crippen molar-refractivity contribution in [2.75, 3.05) is 5.75 Å². The first-order chi connectivity index (χ1) is 14.2. The van der Waals surface area contributed by atoms with E-state index < -0.39 is 0 Å². The van der Waals surface area contributed by atoms with Crippen LogP contribution in [0.15, 0.2) is 40.3 Å². The van der Waals surface area contributed by atoms with E-state index in [4.69, 9.17) is 22.5 Å². The van der Waals surface area contributed by atoms with Crippen molar-refractivity contribution in [3.05, 3.63) is 50.2 Å². The van der Waals surface area contributed by atoms with Gasteiger partial charge in [0.25, 0.3) is 5.56 Å². The monoisotopic (exact) mass is 442 g/mol. The number of nitrogens with zero attached hydrogens (tertiary/aromatic N) is 4. The lowest BCUT2D eigenvalue weighted by molar-refractivity contribution is 0.326. The second kappa shape index (κ2) is 9.24. The van der Waals surface area contributed by atoms with E-state index in [1.165, 1.54) is 35.1 Å². The topological polar surface area (TPSA) is 63.6 Å². The van der Waals surface area contributed by atoms with Crippen LogP contribution in [0.3, 0.4) is 0 Å². The zero-order chi connectivity index (χ0) is 20.2. The number of hydrogen-bond acceptors (Lipinski definition) is 6. The van der Waals surface area contributed by atoms with E-state index in [0.717, 1.165) is 32.1 Å². The largest absolute Gasteiger partial charge is 0.307 e. The Morgan fingerprint density at radius 1 is 1.24 bits per heavy atom. The summed E-state index contributed by atoms with van der Waals surface area (Å²) in [5.41, 5.74) is 1.88. The number of aryl methyl sites for hydroxylation is 2. The summed E-state index contributed by atoms with van der Waals surface area (Å²) in [7, 11) is 0. The van der Waals surface area contributed by atoms with Crippen molar-refractivity contribution in [1.82, 2.24) is 14.1 Å². The minimum Gasteiger partial charge on any atom is -0.307 e. The Labute approximate surface area is 183 Å². The third kappa shape index (κ3) is 4.32. The first kappa shape index (κ1) is 20.3. The summed E-state index contributed by atoms with van der Waals surface area (Å²) < 4.78 is 5.13. The van der Waals surface area contributed by atoms with Gasteiger partial charge in [-0.3, -0.25) is 9.36 Å². The Bertz CT molecular complexity index is 1150. The van der Waals surface area contributed by atoms with Crippen molar-refractivity contribution >= 4 is 45.7 Å². The van der Waals surface area contributed by atoms with Crippen LogP contribution in [-0.4, -0.2) is 19.9 Å². The molecule has 8 heteroatoms. The molecular formula is C21H22N4OS3. The molecule has 0 atom stereocenters. The second-order valence-corrected chi connectivity index (χ2v) is 9.80. The number of rotatable bonds is 6. The smallest absolute Gasteiger partial charge is 0.274 e. The van der Waals surface area contributed by atoms with Crippen molar-refractivity contribution in [1.29, 1.82) is 5.26 Å². The van der Waals surface area contributed by atoms with Crippen molar-refractivity contribution < 1.29 is 0 Å². The van der Waals surface area contributed by atoms with Crippen LogP contribution in [-0.2, 0) is 13.0 Å². The molecule has 0 radical (unpaired) electrons. The number of thiazole rings is 1. The van der Waals surface area contributed by atoms with E-state index >= 15 is 0 Å². The fourth-order valence-corrected chi connectivity index (χ4v) is 5.97. The summed E-state index contributed by atoms with van der Waals surface area (Å²) in [6, 6.07) is 12.6. The van der Waals surface area contributed by atoms with Gasteiger partial charge >= 0.3 is 0 Å². The number of benzene rings is 1. The molecule has 0 bridgehead atoms. The minimum atomic E-state index is -0.00287. The highest BCUT2D eigenvalue weighted by atomic mass is 32.2. The standard InChI is InChI=1S/C21H22N4OS3/c22-12-14-28-20-23-18-17(19(26)25(20)16-9-5-2-6-10-16)29-21(27)24(18)13-11-15-7-3-1-4-8-15/h1,3-4,7-8,16H,2,5-6,9-11,13-14H2. The Morgan fingerprint density at radius 2 is 2.00 bits per heavy atom. The molecule has 150 valence electrons. The number of hydrogen-bond donors (Lipinski definition) is 0. The summed E-state index contributed by atoms with van der Waals surface area (Å²) in [5, 5.41) is 9.72. The van der Waals surface area contributed by atoms with E-state index in [-0.39, 0.29) is 17.4 Å². The molecule has 5 nitrogen and oxygen atoms in total. The molecule has 2 heterocycles. The molecule has 2 aromatic heterocycles. The zero-order valence-corrected chi connectivity index (χ0v) is 18.5. The fraction of sp³-hybridized carbons (Fsp3) is 0.429. The van der Waals surface area contributed by atoms with Gasteiger partial charge in [-0.25, -0.2) is 4.98 Å². The highest BCUT2D eigenvalue weighted by molar-refractivity contribution is 7.99. The molecule has 0 saturated heterocycles. The molecule has 1 aliphatic carbocycles. The average molecular weight is 443 g/mol. The molecule has 1 aromatic carbocycles. The van der Waals surface area contributed by atoms with Gasteiger partial charge in [-0.15, -0.1) is 0 Å². The number of nitriles is 1. The van der Waals surface area contributed by atoms with Crippen LogP contribution in [0.1, 0.15) is 43.7 Å². The van der Waals surface area contributed by atoms with E-state index in [1.54, 1.807) is 0 Å². The van der Waals surface area contributed by atoms with Crippen molar-refractivity contribution in [2.45, 2.75) is 56.3 Å². The molecule has 0 spiro atoms. The Morgan fingerprint density at radius 3 is 2.72 bits per heavy atom. The maximum Gasteiger partial charge on any atom is 0.274 e. The van der Waals surface area contributed by atoms with Crippen molar-refractivity contribution in [3.63, 3.8) is 0 Å². The predicted molar refractivity (Wildman–Crippen MR) is 121 cm³/mol. The first-order valence-corrected chi connectivity index (χ1v) is 12.1. The van der Waals surface area contributed by atoms with E-state index in [2.05, 4.69) is 18.2 Å². The third-order valence-corrected chi connectivity index (χ3v) is 7.61. The molecule has 0 unspecified atom stereocenters. The van der Waals surface area contributed by atoms with Gasteiger partial charge in [0.05, 0.1) is 11.8 Å². The van der Waals surface area contributed by atoms with Gasteiger partial charge < -0.3 is 4.57 Å². The second-order valence-electron chi connectivity index (χ2n) is 7.22. The maximum absolute atomic E-state index is 13.4. The Kier molecular flexibility index (Phi) is 6.48. The van der Waals surface area contributed by atoms with Gasteiger partial charge in [-0.1, -0.05) is 72.7 Å². The molecule has 0 amide bonds. The van der Waals surface area contributed by atoms with Crippen LogP contribution < -0.4 is 5.56 Å². The van der Waals surface area contributed by atoms with E-state index in [1.807, 2.05) is 27.3 Å².